The van der Waals surface area contributed by atoms with Crippen LogP contribution in [0.2, 0.25) is 0 Å². The van der Waals surface area contributed by atoms with E-state index in [1.165, 1.54) is 7.11 Å². The molecule has 0 unspecified atom stereocenters. The van der Waals surface area contributed by atoms with Crippen molar-refractivity contribution in [2.24, 2.45) is 0 Å². The highest BCUT2D eigenvalue weighted by atomic mass is 16.5. The average molecular weight is 283 g/mol. The zero-order valence-electron chi connectivity index (χ0n) is 11.8. The SMILES string of the molecule is COc1ccc(C(=O)NCCCOCCO)c(OC)c1. The molecule has 1 aromatic carbocycles. The molecule has 0 aliphatic carbocycles. The van der Waals surface area contributed by atoms with Gasteiger partial charge in [-0.3, -0.25) is 4.79 Å². The number of aliphatic hydroxyl groups excluding tert-OH is 1. The highest BCUT2D eigenvalue weighted by Crippen LogP contribution is 2.24. The number of hydrogen-bond acceptors (Lipinski definition) is 5. The molecule has 1 rings (SSSR count). The molecule has 1 aromatic rings. The maximum Gasteiger partial charge on any atom is 0.255 e. The molecule has 112 valence electrons. The molecular formula is C14H21NO5. The van der Waals surface area contributed by atoms with Gasteiger partial charge in [-0.25, -0.2) is 0 Å². The monoisotopic (exact) mass is 283 g/mol. The predicted octanol–water partition coefficient (Wildman–Crippen LogP) is 0.833. The second kappa shape index (κ2) is 9.17. The van der Waals surface area contributed by atoms with Gasteiger partial charge in [-0.15, -0.1) is 0 Å². The Kier molecular flexibility index (Phi) is 7.46. The van der Waals surface area contributed by atoms with Gasteiger partial charge in [-0.1, -0.05) is 0 Å². The third kappa shape index (κ3) is 5.07. The summed E-state index contributed by atoms with van der Waals surface area (Å²) in [6.07, 6.45) is 0.685. The van der Waals surface area contributed by atoms with Crippen molar-refractivity contribution >= 4 is 5.91 Å². The molecular weight excluding hydrogens is 262 g/mol. The Morgan fingerprint density at radius 2 is 2.05 bits per heavy atom. The largest absolute Gasteiger partial charge is 0.497 e. The van der Waals surface area contributed by atoms with Crippen LogP contribution < -0.4 is 14.8 Å². The summed E-state index contributed by atoms with van der Waals surface area (Å²) in [5.74, 6) is 0.904. The Bertz CT molecular complexity index is 422. The van der Waals surface area contributed by atoms with Gasteiger partial charge in [0.15, 0.2) is 0 Å². The summed E-state index contributed by atoms with van der Waals surface area (Å²) in [5.41, 5.74) is 0.463. The molecule has 0 heterocycles. The summed E-state index contributed by atoms with van der Waals surface area (Å²) >= 11 is 0. The van der Waals surface area contributed by atoms with Gasteiger partial charge in [0.25, 0.3) is 5.91 Å². The lowest BCUT2D eigenvalue weighted by atomic mass is 10.1. The van der Waals surface area contributed by atoms with Gasteiger partial charge in [0.1, 0.15) is 11.5 Å². The van der Waals surface area contributed by atoms with Crippen LogP contribution >= 0.6 is 0 Å². The van der Waals surface area contributed by atoms with Crippen molar-refractivity contribution in [2.45, 2.75) is 6.42 Å². The molecule has 0 saturated heterocycles. The first-order valence-corrected chi connectivity index (χ1v) is 6.41. The maximum atomic E-state index is 12.0. The Morgan fingerprint density at radius 3 is 2.70 bits per heavy atom. The van der Waals surface area contributed by atoms with E-state index in [0.717, 1.165) is 0 Å². The number of benzene rings is 1. The number of aliphatic hydroxyl groups is 1. The number of amides is 1. The average Bonchev–Trinajstić information content (AvgIpc) is 2.49. The quantitative estimate of drug-likeness (QED) is 0.657. The van der Waals surface area contributed by atoms with E-state index in [2.05, 4.69) is 5.32 Å². The number of nitrogens with one attached hydrogen (secondary N) is 1. The molecule has 0 aliphatic heterocycles. The highest BCUT2D eigenvalue weighted by molar-refractivity contribution is 5.97. The third-order valence-electron chi connectivity index (χ3n) is 2.64. The van der Waals surface area contributed by atoms with Crippen LogP contribution in [0.5, 0.6) is 11.5 Å². The lowest BCUT2D eigenvalue weighted by Crippen LogP contribution is -2.25. The smallest absolute Gasteiger partial charge is 0.255 e. The molecule has 0 saturated carbocycles. The summed E-state index contributed by atoms with van der Waals surface area (Å²) in [6.45, 7) is 1.33. The minimum atomic E-state index is -0.202. The van der Waals surface area contributed by atoms with Gasteiger partial charge in [-0.2, -0.15) is 0 Å². The Hall–Kier alpha value is -1.79. The van der Waals surface area contributed by atoms with Crippen LogP contribution in [0.15, 0.2) is 18.2 Å². The summed E-state index contributed by atoms with van der Waals surface area (Å²) in [5, 5.41) is 11.3. The van der Waals surface area contributed by atoms with E-state index >= 15 is 0 Å². The van der Waals surface area contributed by atoms with Crippen molar-refractivity contribution in [2.75, 3.05) is 40.6 Å². The number of carbonyl (C=O) groups excluding carboxylic acids is 1. The van der Waals surface area contributed by atoms with E-state index in [1.807, 2.05) is 0 Å². The van der Waals surface area contributed by atoms with Crippen molar-refractivity contribution < 1.29 is 24.1 Å². The van der Waals surface area contributed by atoms with E-state index in [4.69, 9.17) is 19.3 Å². The standard InChI is InChI=1S/C14H21NO5/c1-18-11-4-5-12(13(10-11)19-2)14(17)15-6-3-8-20-9-7-16/h4-5,10,16H,3,6-9H2,1-2H3,(H,15,17). The van der Waals surface area contributed by atoms with E-state index in [-0.39, 0.29) is 12.5 Å². The Labute approximate surface area is 118 Å². The fraction of sp³-hybridized carbons (Fsp3) is 0.500. The minimum Gasteiger partial charge on any atom is -0.497 e. The number of methoxy groups -OCH3 is 2. The number of rotatable bonds is 9. The molecule has 2 N–H and O–H groups in total. The van der Waals surface area contributed by atoms with Gasteiger partial charge < -0.3 is 24.6 Å². The molecule has 0 bridgehead atoms. The molecule has 0 aliphatic rings. The Balaban J connectivity index is 2.46. The van der Waals surface area contributed by atoms with Crippen molar-refractivity contribution in [3.05, 3.63) is 23.8 Å². The normalized spacial score (nSPS) is 10.2. The predicted molar refractivity (Wildman–Crippen MR) is 74.4 cm³/mol. The van der Waals surface area contributed by atoms with Crippen LogP contribution in [-0.4, -0.2) is 51.6 Å². The van der Waals surface area contributed by atoms with Crippen molar-refractivity contribution in [1.29, 1.82) is 0 Å². The van der Waals surface area contributed by atoms with E-state index < -0.39 is 0 Å². The van der Waals surface area contributed by atoms with Crippen LogP contribution in [0, 0.1) is 0 Å². The molecule has 6 nitrogen and oxygen atoms in total. The molecule has 0 spiro atoms. The first-order chi connectivity index (χ1) is 9.72. The van der Waals surface area contributed by atoms with Gasteiger partial charge >= 0.3 is 0 Å². The highest BCUT2D eigenvalue weighted by Gasteiger charge is 2.12. The lowest BCUT2D eigenvalue weighted by molar-refractivity contribution is 0.0866. The molecule has 1 amide bonds. The van der Waals surface area contributed by atoms with Gasteiger partial charge in [0, 0.05) is 19.2 Å². The first kappa shape index (κ1) is 16.3. The molecule has 6 heteroatoms. The Morgan fingerprint density at radius 1 is 1.25 bits per heavy atom. The molecule has 0 aromatic heterocycles. The number of hydrogen-bond donors (Lipinski definition) is 2. The fourth-order valence-corrected chi connectivity index (χ4v) is 1.62. The summed E-state index contributed by atoms with van der Waals surface area (Å²) in [4.78, 5) is 12.0. The van der Waals surface area contributed by atoms with Crippen molar-refractivity contribution in [1.82, 2.24) is 5.32 Å². The van der Waals surface area contributed by atoms with E-state index in [1.54, 1.807) is 25.3 Å². The number of carbonyl (C=O) groups is 1. The summed E-state index contributed by atoms with van der Waals surface area (Å²) in [7, 11) is 3.06. The second-order valence-electron chi connectivity index (χ2n) is 4.01. The first-order valence-electron chi connectivity index (χ1n) is 6.41. The van der Waals surface area contributed by atoms with Crippen LogP contribution in [0.4, 0.5) is 0 Å². The maximum absolute atomic E-state index is 12.0. The van der Waals surface area contributed by atoms with Gasteiger partial charge in [-0.05, 0) is 18.6 Å². The fourth-order valence-electron chi connectivity index (χ4n) is 1.62. The number of ether oxygens (including phenoxy) is 3. The summed E-state index contributed by atoms with van der Waals surface area (Å²) in [6, 6.07) is 5.04. The van der Waals surface area contributed by atoms with Crippen LogP contribution in [-0.2, 0) is 4.74 Å². The van der Waals surface area contributed by atoms with E-state index in [9.17, 15) is 4.79 Å². The van der Waals surface area contributed by atoms with Crippen molar-refractivity contribution in [3.63, 3.8) is 0 Å². The second-order valence-corrected chi connectivity index (χ2v) is 4.01. The van der Waals surface area contributed by atoms with Gasteiger partial charge in [0.05, 0.1) is 33.0 Å². The lowest BCUT2D eigenvalue weighted by Gasteiger charge is -2.10. The molecule has 0 fully saturated rings. The summed E-state index contributed by atoms with van der Waals surface area (Å²) < 4.78 is 15.4. The van der Waals surface area contributed by atoms with Crippen LogP contribution in [0.1, 0.15) is 16.8 Å². The van der Waals surface area contributed by atoms with Crippen LogP contribution in [0.25, 0.3) is 0 Å². The minimum absolute atomic E-state index is 0.00933. The van der Waals surface area contributed by atoms with Gasteiger partial charge in [0.2, 0.25) is 0 Å². The van der Waals surface area contributed by atoms with E-state index in [0.29, 0.717) is 43.2 Å². The topological polar surface area (TPSA) is 77.0 Å². The van der Waals surface area contributed by atoms with Crippen LogP contribution in [0.3, 0.4) is 0 Å². The third-order valence-corrected chi connectivity index (χ3v) is 2.64. The molecule has 0 radical (unpaired) electrons. The molecule has 20 heavy (non-hydrogen) atoms. The molecule has 0 atom stereocenters. The zero-order valence-corrected chi connectivity index (χ0v) is 11.8. The zero-order chi connectivity index (χ0) is 14.8. The van der Waals surface area contributed by atoms with Crippen molar-refractivity contribution in [3.8, 4) is 11.5 Å².